The van der Waals surface area contributed by atoms with Gasteiger partial charge in [-0.1, -0.05) is 0 Å². The Hall–Kier alpha value is 0.580. The van der Waals surface area contributed by atoms with Crippen molar-refractivity contribution >= 4 is 17.7 Å². The fourth-order valence-corrected chi connectivity index (χ4v) is 0. The lowest BCUT2D eigenvalue weighted by Crippen LogP contribution is -1.59. The molecule has 0 unspecified atom stereocenters. The molecule has 0 spiro atoms. The Labute approximate surface area is 42.6 Å². The first-order chi connectivity index (χ1) is 2.56. The average Bonchev–Trinajstić information content (AvgIpc) is 1.35. The van der Waals surface area contributed by atoms with Gasteiger partial charge in [-0.25, -0.2) is 0 Å². The summed E-state index contributed by atoms with van der Waals surface area (Å²) in [6.45, 7) is 3.52. The maximum atomic E-state index is 10.5. The average molecular weight is 124 g/mol. The molecule has 0 fully saturated rings. The summed E-state index contributed by atoms with van der Waals surface area (Å²) in [4.78, 5) is 0. The summed E-state index contributed by atoms with van der Waals surface area (Å²) in [7, 11) is 0. The smallest absolute Gasteiger partial charge is 0.133 e. The number of rotatable bonds is 1. The van der Waals surface area contributed by atoms with Crippen molar-refractivity contribution in [2.24, 2.45) is 0 Å². The molecule has 0 heterocycles. The van der Waals surface area contributed by atoms with Crippen LogP contribution in [0.15, 0.2) is 0 Å². The van der Waals surface area contributed by atoms with E-state index in [0.29, 0.717) is 0 Å². The monoisotopic (exact) mass is 124 g/mol. The van der Waals surface area contributed by atoms with E-state index in [1.54, 1.807) is 13.3 Å². The van der Waals surface area contributed by atoms with Gasteiger partial charge in [0.1, 0.15) is 6.34 Å². The molecule has 6 heavy (non-hydrogen) atoms. The summed E-state index contributed by atoms with van der Waals surface area (Å²) in [6.07, 6.45) is 0.132. The van der Waals surface area contributed by atoms with Crippen molar-refractivity contribution in [3.8, 4) is 0 Å². The second-order valence-corrected chi connectivity index (χ2v) is 8.04. The SMILES string of the molecule is CSP(C)(C)=O. The van der Waals surface area contributed by atoms with Crippen LogP contribution >= 0.6 is 17.7 Å². The molecule has 0 rings (SSSR count). The van der Waals surface area contributed by atoms with E-state index in [1.807, 2.05) is 6.26 Å². The minimum Gasteiger partial charge on any atom is -0.313 e. The normalized spacial score (nSPS) is 11.8. The zero-order valence-corrected chi connectivity index (χ0v) is 5.97. The van der Waals surface area contributed by atoms with E-state index in [9.17, 15) is 4.57 Å². The van der Waals surface area contributed by atoms with Gasteiger partial charge in [0.2, 0.25) is 0 Å². The van der Waals surface area contributed by atoms with Crippen molar-refractivity contribution in [2.75, 3.05) is 19.6 Å². The summed E-state index contributed by atoms with van der Waals surface area (Å²) in [6, 6.07) is 0. The third kappa shape index (κ3) is 4.58. The Morgan fingerprint density at radius 1 is 1.50 bits per heavy atom. The second-order valence-electron chi connectivity index (χ2n) is 1.43. The first kappa shape index (κ1) is 6.58. The summed E-state index contributed by atoms with van der Waals surface area (Å²) >= 11 is 1.44. The maximum Gasteiger partial charge on any atom is 0.133 e. The molecule has 1 nitrogen and oxygen atoms in total. The van der Waals surface area contributed by atoms with E-state index >= 15 is 0 Å². The third-order valence-electron chi connectivity index (χ3n) is 0.440. The molecule has 0 aromatic carbocycles. The van der Waals surface area contributed by atoms with Gasteiger partial charge < -0.3 is 4.57 Å². The number of hydrogen-bond donors (Lipinski definition) is 0. The Balaban J connectivity index is 3.48. The first-order valence-electron chi connectivity index (χ1n) is 1.67. The van der Waals surface area contributed by atoms with Crippen molar-refractivity contribution in [3.63, 3.8) is 0 Å². The molecule has 0 atom stereocenters. The quantitative estimate of drug-likeness (QED) is 0.496. The zero-order valence-electron chi connectivity index (χ0n) is 4.26. The highest BCUT2D eigenvalue weighted by Crippen LogP contribution is 2.48. The summed E-state index contributed by atoms with van der Waals surface area (Å²) in [5.41, 5.74) is 0. The molecular weight excluding hydrogens is 115 g/mol. The van der Waals surface area contributed by atoms with Crippen molar-refractivity contribution < 1.29 is 4.57 Å². The van der Waals surface area contributed by atoms with E-state index in [4.69, 9.17) is 0 Å². The first-order valence-corrected chi connectivity index (χ1v) is 6.10. The van der Waals surface area contributed by atoms with Gasteiger partial charge in [0.05, 0.1) is 0 Å². The lowest BCUT2D eigenvalue weighted by atomic mass is 11.9. The molecular formula is C3H9OPS. The fourth-order valence-electron chi connectivity index (χ4n) is 0. The van der Waals surface area contributed by atoms with E-state index < -0.39 is 6.34 Å². The highest BCUT2D eigenvalue weighted by Gasteiger charge is 1.99. The highest BCUT2D eigenvalue weighted by atomic mass is 32.7. The van der Waals surface area contributed by atoms with Gasteiger partial charge in [-0.3, -0.25) is 0 Å². The van der Waals surface area contributed by atoms with Crippen LogP contribution < -0.4 is 0 Å². The molecule has 0 saturated carbocycles. The van der Waals surface area contributed by atoms with Gasteiger partial charge in [0, 0.05) is 0 Å². The van der Waals surface area contributed by atoms with Gasteiger partial charge in [-0.2, -0.15) is 0 Å². The number of hydrogen-bond acceptors (Lipinski definition) is 2. The molecule has 38 valence electrons. The second kappa shape index (κ2) is 2.04. The Morgan fingerprint density at radius 2 is 1.67 bits per heavy atom. The lowest BCUT2D eigenvalue weighted by molar-refractivity contribution is 0.592. The predicted molar refractivity (Wildman–Crippen MR) is 33.0 cm³/mol. The predicted octanol–water partition coefficient (Wildman–Crippen LogP) is 1.89. The van der Waals surface area contributed by atoms with Crippen molar-refractivity contribution in [3.05, 3.63) is 0 Å². The van der Waals surface area contributed by atoms with Gasteiger partial charge >= 0.3 is 0 Å². The van der Waals surface area contributed by atoms with Gasteiger partial charge in [0.15, 0.2) is 0 Å². The molecule has 3 heteroatoms. The Morgan fingerprint density at radius 3 is 1.67 bits per heavy atom. The third-order valence-corrected chi connectivity index (χ3v) is 3.96. The summed E-state index contributed by atoms with van der Waals surface area (Å²) < 4.78 is 10.5. The van der Waals surface area contributed by atoms with Crippen LogP contribution in [-0.2, 0) is 4.57 Å². The molecule has 0 aromatic heterocycles. The minimum absolute atomic E-state index is 1.44. The molecule has 0 radical (unpaired) electrons. The van der Waals surface area contributed by atoms with Gasteiger partial charge in [-0.15, -0.1) is 11.4 Å². The van der Waals surface area contributed by atoms with Crippen LogP contribution in [0.2, 0.25) is 0 Å². The van der Waals surface area contributed by atoms with Crippen molar-refractivity contribution in [2.45, 2.75) is 0 Å². The standard InChI is InChI=1S/C3H9OPS/c1-5(2,4)6-3/h1-3H3. The summed E-state index contributed by atoms with van der Waals surface area (Å²) in [5, 5.41) is 0. The molecule has 0 aliphatic heterocycles. The van der Waals surface area contributed by atoms with Crippen LogP contribution in [0.4, 0.5) is 0 Å². The van der Waals surface area contributed by atoms with E-state index in [2.05, 4.69) is 0 Å². The lowest BCUT2D eigenvalue weighted by Gasteiger charge is -1.95. The van der Waals surface area contributed by atoms with Crippen molar-refractivity contribution in [1.29, 1.82) is 0 Å². The maximum absolute atomic E-state index is 10.5. The van der Waals surface area contributed by atoms with Crippen LogP contribution in [-0.4, -0.2) is 19.6 Å². The van der Waals surface area contributed by atoms with Crippen LogP contribution in [0.3, 0.4) is 0 Å². The molecule has 0 saturated heterocycles. The zero-order chi connectivity index (χ0) is 5.21. The molecule has 0 aliphatic carbocycles. The minimum atomic E-state index is -1.73. The Kier molecular flexibility index (Phi) is 2.23. The molecule has 0 aliphatic rings. The molecule has 0 aromatic rings. The van der Waals surface area contributed by atoms with Crippen LogP contribution in [0, 0.1) is 0 Å². The van der Waals surface area contributed by atoms with Gasteiger partial charge in [-0.05, 0) is 19.6 Å². The molecule has 0 bridgehead atoms. The van der Waals surface area contributed by atoms with E-state index in [0.717, 1.165) is 0 Å². The van der Waals surface area contributed by atoms with E-state index in [1.165, 1.54) is 11.4 Å². The topological polar surface area (TPSA) is 17.1 Å². The molecule has 0 N–H and O–H groups in total. The Bertz CT molecular complexity index is 74.9. The van der Waals surface area contributed by atoms with Crippen LogP contribution in [0.5, 0.6) is 0 Å². The highest BCUT2D eigenvalue weighted by molar-refractivity contribution is 8.57. The van der Waals surface area contributed by atoms with Gasteiger partial charge in [0.25, 0.3) is 0 Å². The fraction of sp³-hybridized carbons (Fsp3) is 1.00. The van der Waals surface area contributed by atoms with Crippen molar-refractivity contribution in [1.82, 2.24) is 0 Å². The summed E-state index contributed by atoms with van der Waals surface area (Å²) in [5.74, 6) is 0. The van der Waals surface area contributed by atoms with Crippen LogP contribution in [0.1, 0.15) is 0 Å². The van der Waals surface area contributed by atoms with E-state index in [-0.39, 0.29) is 0 Å². The van der Waals surface area contributed by atoms with Crippen LogP contribution in [0.25, 0.3) is 0 Å². The largest absolute Gasteiger partial charge is 0.313 e. The molecule has 0 amide bonds.